The van der Waals surface area contributed by atoms with Gasteiger partial charge in [-0.3, -0.25) is 0 Å². The van der Waals surface area contributed by atoms with Gasteiger partial charge in [0.05, 0.1) is 11.7 Å². The summed E-state index contributed by atoms with van der Waals surface area (Å²) < 4.78 is 5.64. The second-order valence-corrected chi connectivity index (χ2v) is 9.09. The lowest BCUT2D eigenvalue weighted by atomic mass is 10.0. The number of rotatable bonds is 2. The first kappa shape index (κ1) is 19.9. The fourth-order valence-electron chi connectivity index (χ4n) is 5.63. The topological polar surface area (TPSA) is 53.0 Å². The monoisotopic (exact) mass is 386 g/mol. The first-order chi connectivity index (χ1) is 13.5. The molecule has 1 aromatic carbocycles. The van der Waals surface area contributed by atoms with Gasteiger partial charge in [-0.05, 0) is 64.8 Å². The number of benzene rings is 1. The highest BCUT2D eigenvalue weighted by atomic mass is 16.5. The van der Waals surface area contributed by atoms with Gasteiger partial charge in [0, 0.05) is 37.0 Å². The number of aliphatic hydroxyl groups excluding tert-OH is 1. The minimum Gasteiger partial charge on any atom is -0.459 e. The zero-order valence-corrected chi connectivity index (χ0v) is 17.2. The van der Waals surface area contributed by atoms with Crippen molar-refractivity contribution in [2.24, 2.45) is 0 Å². The summed E-state index contributed by atoms with van der Waals surface area (Å²) in [7, 11) is 4.38. The molecule has 4 fully saturated rings. The SMILES string of the molecule is CN1[C@@H]2CC[C@H]1CC(O)C2.CN1[C@@H]2CC[C@H]1CC(OC(=O)c1ccccc1)C2. The van der Waals surface area contributed by atoms with Crippen LogP contribution in [0.3, 0.4) is 0 Å². The van der Waals surface area contributed by atoms with E-state index < -0.39 is 0 Å². The van der Waals surface area contributed by atoms with Crippen molar-refractivity contribution in [2.75, 3.05) is 14.1 Å². The van der Waals surface area contributed by atoms with Gasteiger partial charge in [0.2, 0.25) is 0 Å². The number of hydrogen-bond acceptors (Lipinski definition) is 5. The van der Waals surface area contributed by atoms with Crippen LogP contribution in [0.5, 0.6) is 0 Å². The Balaban J connectivity index is 0.000000162. The van der Waals surface area contributed by atoms with Crippen molar-refractivity contribution < 1.29 is 14.6 Å². The zero-order valence-electron chi connectivity index (χ0n) is 17.2. The summed E-state index contributed by atoms with van der Waals surface area (Å²) in [5, 5.41) is 9.38. The number of esters is 1. The van der Waals surface area contributed by atoms with E-state index in [1.165, 1.54) is 25.7 Å². The fourth-order valence-corrected chi connectivity index (χ4v) is 5.63. The fraction of sp³-hybridized carbons (Fsp3) is 0.696. The van der Waals surface area contributed by atoms with Crippen molar-refractivity contribution in [1.29, 1.82) is 0 Å². The van der Waals surface area contributed by atoms with Crippen LogP contribution in [0.4, 0.5) is 0 Å². The first-order valence-electron chi connectivity index (χ1n) is 10.9. The molecule has 0 aliphatic carbocycles. The smallest absolute Gasteiger partial charge is 0.338 e. The van der Waals surface area contributed by atoms with E-state index in [-0.39, 0.29) is 18.2 Å². The Morgan fingerprint density at radius 3 is 1.82 bits per heavy atom. The zero-order chi connectivity index (χ0) is 19.7. The largest absolute Gasteiger partial charge is 0.459 e. The number of carbonyl (C=O) groups excluding carboxylic acids is 1. The lowest BCUT2D eigenvalue weighted by Gasteiger charge is -2.35. The Kier molecular flexibility index (Phi) is 6.04. The summed E-state index contributed by atoms with van der Waals surface area (Å²) in [5.41, 5.74) is 0.656. The molecule has 28 heavy (non-hydrogen) atoms. The van der Waals surface area contributed by atoms with Crippen LogP contribution in [0.1, 0.15) is 61.7 Å². The normalized spacial score (nSPS) is 37.2. The van der Waals surface area contributed by atoms with Crippen molar-refractivity contribution in [2.45, 2.75) is 87.7 Å². The van der Waals surface area contributed by atoms with Crippen LogP contribution in [-0.2, 0) is 4.74 Å². The summed E-state index contributed by atoms with van der Waals surface area (Å²) in [6.07, 6.45) is 9.20. The van der Waals surface area contributed by atoms with E-state index in [0.717, 1.165) is 25.7 Å². The van der Waals surface area contributed by atoms with Gasteiger partial charge < -0.3 is 19.6 Å². The summed E-state index contributed by atoms with van der Waals surface area (Å²) in [6, 6.07) is 11.9. The molecule has 4 bridgehead atoms. The number of nitrogens with zero attached hydrogens (tertiary/aromatic N) is 2. The number of fused-ring (bicyclic) bond motifs is 4. The van der Waals surface area contributed by atoms with Crippen molar-refractivity contribution in [3.05, 3.63) is 35.9 Å². The maximum atomic E-state index is 12.0. The molecule has 0 spiro atoms. The van der Waals surface area contributed by atoms with Crippen LogP contribution in [0.2, 0.25) is 0 Å². The number of hydrogen-bond donors (Lipinski definition) is 1. The predicted octanol–water partition coefficient (Wildman–Crippen LogP) is 3.07. The molecule has 0 radical (unpaired) electrons. The van der Waals surface area contributed by atoms with Crippen LogP contribution < -0.4 is 0 Å². The first-order valence-corrected chi connectivity index (χ1v) is 10.9. The van der Waals surface area contributed by atoms with E-state index in [9.17, 15) is 9.90 Å². The van der Waals surface area contributed by atoms with E-state index in [1.54, 1.807) is 0 Å². The lowest BCUT2D eigenvalue weighted by molar-refractivity contribution is -0.000454. The maximum Gasteiger partial charge on any atom is 0.338 e. The average Bonchev–Trinajstić information content (AvgIpc) is 3.03. The number of ether oxygens (including phenoxy) is 1. The number of piperidine rings is 2. The highest BCUT2D eigenvalue weighted by Crippen LogP contribution is 2.36. The number of carbonyl (C=O) groups is 1. The molecule has 4 aliphatic heterocycles. The van der Waals surface area contributed by atoms with Crippen LogP contribution in [0.25, 0.3) is 0 Å². The van der Waals surface area contributed by atoms with Gasteiger partial charge in [-0.25, -0.2) is 4.79 Å². The van der Waals surface area contributed by atoms with Crippen LogP contribution in [0, 0.1) is 0 Å². The van der Waals surface area contributed by atoms with Crippen molar-refractivity contribution >= 4 is 5.97 Å². The van der Waals surface area contributed by atoms with E-state index in [0.29, 0.717) is 29.7 Å². The van der Waals surface area contributed by atoms with Crippen LogP contribution in [0.15, 0.2) is 30.3 Å². The Morgan fingerprint density at radius 2 is 1.32 bits per heavy atom. The van der Waals surface area contributed by atoms with Gasteiger partial charge in [-0.1, -0.05) is 18.2 Å². The lowest BCUT2D eigenvalue weighted by Crippen LogP contribution is -2.43. The summed E-state index contributed by atoms with van der Waals surface area (Å²) in [6.45, 7) is 0. The Hall–Kier alpha value is -1.43. The molecule has 0 amide bonds. The minimum absolute atomic E-state index is 0.00583. The highest BCUT2D eigenvalue weighted by molar-refractivity contribution is 5.89. The van der Waals surface area contributed by atoms with Crippen molar-refractivity contribution in [3.63, 3.8) is 0 Å². The molecule has 0 aromatic heterocycles. The highest BCUT2D eigenvalue weighted by Gasteiger charge is 2.40. The third-order valence-corrected chi connectivity index (χ3v) is 7.41. The predicted molar refractivity (Wildman–Crippen MR) is 109 cm³/mol. The van der Waals surface area contributed by atoms with Crippen LogP contribution >= 0.6 is 0 Å². The van der Waals surface area contributed by atoms with Gasteiger partial charge in [0.1, 0.15) is 6.10 Å². The molecule has 154 valence electrons. The molecule has 1 aromatic rings. The van der Waals surface area contributed by atoms with Crippen molar-refractivity contribution in [3.8, 4) is 0 Å². The molecular formula is C23H34N2O3. The Bertz CT molecular complexity index is 639. The standard InChI is InChI=1S/C15H19NO2.C8H15NO/c1-16-12-7-8-13(16)10-14(9-12)18-15(17)11-5-3-2-4-6-11;1-9-6-2-3-7(9)5-8(10)4-6/h2-6,12-14H,7-10H2,1H3;6-8,10H,2-5H2,1H3/t12-,13+,14?;6-,7+,8?. The van der Waals surface area contributed by atoms with E-state index in [2.05, 4.69) is 23.9 Å². The van der Waals surface area contributed by atoms with Gasteiger partial charge >= 0.3 is 5.97 Å². The quantitative estimate of drug-likeness (QED) is 0.792. The molecule has 1 N–H and O–H groups in total. The van der Waals surface area contributed by atoms with E-state index in [1.807, 2.05) is 30.3 Å². The molecule has 2 unspecified atom stereocenters. The van der Waals surface area contributed by atoms with Gasteiger partial charge in [-0.15, -0.1) is 0 Å². The molecule has 4 saturated heterocycles. The molecular weight excluding hydrogens is 352 g/mol. The molecule has 4 aliphatic rings. The molecule has 4 heterocycles. The third-order valence-electron chi connectivity index (χ3n) is 7.41. The van der Waals surface area contributed by atoms with Gasteiger partial charge in [-0.2, -0.15) is 0 Å². The third kappa shape index (κ3) is 4.27. The van der Waals surface area contributed by atoms with Gasteiger partial charge in [0.15, 0.2) is 0 Å². The molecule has 5 heteroatoms. The summed E-state index contributed by atoms with van der Waals surface area (Å²) in [4.78, 5) is 16.9. The minimum atomic E-state index is -0.176. The van der Waals surface area contributed by atoms with E-state index >= 15 is 0 Å². The Morgan fingerprint density at radius 1 is 0.857 bits per heavy atom. The van der Waals surface area contributed by atoms with Gasteiger partial charge in [0.25, 0.3) is 0 Å². The van der Waals surface area contributed by atoms with E-state index in [4.69, 9.17) is 4.74 Å². The second-order valence-electron chi connectivity index (χ2n) is 9.09. The Labute approximate surface area is 168 Å². The second kappa shape index (κ2) is 8.52. The molecule has 5 rings (SSSR count). The molecule has 0 saturated carbocycles. The summed E-state index contributed by atoms with van der Waals surface area (Å²) >= 11 is 0. The number of aliphatic hydroxyl groups is 1. The molecule has 6 atom stereocenters. The maximum absolute atomic E-state index is 12.0. The van der Waals surface area contributed by atoms with Crippen LogP contribution in [-0.4, -0.2) is 71.3 Å². The summed E-state index contributed by atoms with van der Waals surface area (Å²) in [5.74, 6) is -0.176. The average molecular weight is 387 g/mol. The molecule has 5 nitrogen and oxygen atoms in total. The van der Waals surface area contributed by atoms with Crippen molar-refractivity contribution in [1.82, 2.24) is 9.80 Å².